The number of carbonyl (C=O) groups excluding carboxylic acids is 1. The number of rotatable bonds is 8. The Kier molecular flexibility index (Phi) is 6.89. The summed E-state index contributed by atoms with van der Waals surface area (Å²) in [5.41, 5.74) is 6.59. The largest absolute Gasteiger partial charge is 0.383 e. The Hall–Kier alpha value is -4.17. The summed E-state index contributed by atoms with van der Waals surface area (Å²) >= 11 is 0. The minimum absolute atomic E-state index is 0.0573. The number of nitrogens with zero attached hydrogens (tertiary/aromatic N) is 2. The predicted octanol–water partition coefficient (Wildman–Crippen LogP) is 2.54. The molecule has 1 aromatic heterocycles. The normalized spacial score (nSPS) is 11.0. The number of H-pyrrole nitrogens is 1. The number of ether oxygens (including phenoxy) is 1. The number of nitrogens with two attached hydrogens (primary N) is 1. The molecule has 1 amide bonds. The van der Waals surface area contributed by atoms with Crippen LogP contribution in [0.5, 0.6) is 0 Å². The molecule has 3 N–H and O–H groups in total. The molecule has 0 unspecified atom stereocenters. The maximum Gasteiger partial charge on any atom is 0.330 e. The highest BCUT2D eigenvalue weighted by Gasteiger charge is 2.24. The lowest BCUT2D eigenvalue weighted by Gasteiger charge is -2.24. The summed E-state index contributed by atoms with van der Waals surface area (Å²) in [6.07, 6.45) is 0.0573. The van der Waals surface area contributed by atoms with Crippen LogP contribution in [0.25, 0.3) is 10.8 Å². The Morgan fingerprint density at radius 1 is 1.00 bits per heavy atom. The van der Waals surface area contributed by atoms with Gasteiger partial charge >= 0.3 is 5.69 Å². The molecule has 4 aromatic rings. The number of hydrogen-bond acceptors (Lipinski definition) is 5. The highest BCUT2D eigenvalue weighted by Crippen LogP contribution is 2.22. The molecule has 34 heavy (non-hydrogen) atoms. The van der Waals surface area contributed by atoms with Crippen molar-refractivity contribution >= 4 is 28.2 Å². The fraction of sp³-hybridized carbons (Fsp3) is 0.192. The zero-order valence-corrected chi connectivity index (χ0v) is 18.9. The van der Waals surface area contributed by atoms with E-state index in [9.17, 15) is 14.4 Å². The predicted molar refractivity (Wildman–Crippen MR) is 133 cm³/mol. The van der Waals surface area contributed by atoms with Gasteiger partial charge in [0.05, 0.1) is 19.6 Å². The van der Waals surface area contributed by atoms with Gasteiger partial charge in [0.15, 0.2) is 5.69 Å². The van der Waals surface area contributed by atoms with Crippen molar-refractivity contribution in [2.45, 2.75) is 13.0 Å². The van der Waals surface area contributed by atoms with Crippen LogP contribution >= 0.6 is 0 Å². The fourth-order valence-electron chi connectivity index (χ4n) is 4.01. The third kappa shape index (κ3) is 4.77. The molecule has 0 saturated heterocycles. The summed E-state index contributed by atoms with van der Waals surface area (Å²) in [7, 11) is 1.51. The lowest BCUT2D eigenvalue weighted by Crippen LogP contribution is -2.43. The van der Waals surface area contributed by atoms with Crippen molar-refractivity contribution in [3.8, 4) is 0 Å². The van der Waals surface area contributed by atoms with Gasteiger partial charge in [-0.2, -0.15) is 0 Å². The van der Waals surface area contributed by atoms with Crippen molar-refractivity contribution in [1.29, 1.82) is 0 Å². The number of nitrogens with one attached hydrogen (secondary N) is 1. The highest BCUT2D eigenvalue weighted by molar-refractivity contribution is 5.99. The minimum Gasteiger partial charge on any atom is -0.383 e. The fourth-order valence-corrected chi connectivity index (χ4v) is 4.01. The molecule has 4 rings (SSSR count). The summed E-state index contributed by atoms with van der Waals surface area (Å²) in [4.78, 5) is 42.5. The second kappa shape index (κ2) is 10.2. The van der Waals surface area contributed by atoms with E-state index in [0.29, 0.717) is 0 Å². The summed E-state index contributed by atoms with van der Waals surface area (Å²) in [5.74, 6) is -0.393. The Labute approximate surface area is 196 Å². The Morgan fingerprint density at radius 3 is 2.47 bits per heavy atom. The van der Waals surface area contributed by atoms with E-state index in [0.717, 1.165) is 21.9 Å². The maximum atomic E-state index is 13.5. The monoisotopic (exact) mass is 458 g/mol. The van der Waals surface area contributed by atoms with Gasteiger partial charge in [-0.1, -0.05) is 72.8 Å². The molecular weight excluding hydrogens is 432 g/mol. The molecule has 1 heterocycles. The molecular formula is C26H26N4O4. The van der Waals surface area contributed by atoms with Gasteiger partial charge in [-0.3, -0.25) is 19.1 Å². The topological polar surface area (TPSA) is 110 Å². The summed E-state index contributed by atoms with van der Waals surface area (Å²) in [6, 6.07) is 22.8. The molecule has 8 heteroatoms. The van der Waals surface area contributed by atoms with Crippen molar-refractivity contribution in [3.63, 3.8) is 0 Å². The lowest BCUT2D eigenvalue weighted by molar-refractivity contribution is -0.118. The average Bonchev–Trinajstić information content (AvgIpc) is 2.84. The van der Waals surface area contributed by atoms with Crippen LogP contribution < -0.4 is 21.9 Å². The van der Waals surface area contributed by atoms with E-state index in [1.807, 2.05) is 72.8 Å². The Bertz CT molecular complexity index is 1420. The van der Waals surface area contributed by atoms with Crippen LogP contribution in [0, 0.1) is 0 Å². The number of fused-ring (bicyclic) bond motifs is 1. The Balaban J connectivity index is 1.74. The molecule has 0 aliphatic rings. The number of aromatic nitrogens is 2. The van der Waals surface area contributed by atoms with Gasteiger partial charge < -0.3 is 15.4 Å². The number of amides is 1. The molecule has 0 fully saturated rings. The van der Waals surface area contributed by atoms with Gasteiger partial charge in [-0.25, -0.2) is 4.79 Å². The van der Waals surface area contributed by atoms with Crippen LogP contribution in [0.4, 0.5) is 11.5 Å². The first-order valence-electron chi connectivity index (χ1n) is 10.9. The number of benzene rings is 3. The van der Waals surface area contributed by atoms with Crippen molar-refractivity contribution < 1.29 is 9.53 Å². The SMILES string of the molecule is COCCN(C(=O)Cc1cccc2ccccc12)c1c(N)n(Cc2ccccc2)c(=O)[nH]c1=O. The van der Waals surface area contributed by atoms with Crippen LogP contribution in [0.15, 0.2) is 82.4 Å². The van der Waals surface area contributed by atoms with E-state index < -0.39 is 11.2 Å². The quantitative estimate of drug-likeness (QED) is 0.422. The van der Waals surface area contributed by atoms with Crippen molar-refractivity contribution in [1.82, 2.24) is 9.55 Å². The lowest BCUT2D eigenvalue weighted by atomic mass is 10.0. The number of methoxy groups -OCH3 is 1. The van der Waals surface area contributed by atoms with Gasteiger partial charge in [0.1, 0.15) is 5.82 Å². The van der Waals surface area contributed by atoms with E-state index in [2.05, 4.69) is 4.98 Å². The van der Waals surface area contributed by atoms with E-state index in [4.69, 9.17) is 10.5 Å². The van der Waals surface area contributed by atoms with Crippen LogP contribution in [0.1, 0.15) is 11.1 Å². The third-order valence-corrected chi connectivity index (χ3v) is 5.71. The molecule has 0 aliphatic heterocycles. The molecule has 174 valence electrons. The Morgan fingerprint density at radius 2 is 1.71 bits per heavy atom. The maximum absolute atomic E-state index is 13.5. The number of anilines is 2. The third-order valence-electron chi connectivity index (χ3n) is 5.71. The summed E-state index contributed by atoms with van der Waals surface area (Å²) < 4.78 is 6.44. The average molecular weight is 459 g/mol. The van der Waals surface area contributed by atoms with Gasteiger partial charge in [-0.15, -0.1) is 0 Å². The molecule has 0 saturated carbocycles. The van der Waals surface area contributed by atoms with Crippen molar-refractivity contribution in [3.05, 3.63) is 105 Å². The molecule has 0 spiro atoms. The molecule has 0 aliphatic carbocycles. The highest BCUT2D eigenvalue weighted by atomic mass is 16.5. The molecule has 0 atom stereocenters. The van der Waals surface area contributed by atoms with Gasteiger partial charge in [-0.05, 0) is 21.9 Å². The van der Waals surface area contributed by atoms with Crippen LogP contribution in [0.3, 0.4) is 0 Å². The second-order valence-electron chi connectivity index (χ2n) is 7.92. The minimum atomic E-state index is -0.714. The smallest absolute Gasteiger partial charge is 0.330 e. The zero-order chi connectivity index (χ0) is 24.1. The molecule has 8 nitrogen and oxygen atoms in total. The van der Waals surface area contributed by atoms with E-state index in [1.54, 1.807) is 0 Å². The van der Waals surface area contributed by atoms with Crippen LogP contribution in [-0.4, -0.2) is 35.7 Å². The zero-order valence-electron chi connectivity index (χ0n) is 18.9. The number of nitrogen functional groups attached to an aromatic ring is 1. The van der Waals surface area contributed by atoms with Gasteiger partial charge in [0.25, 0.3) is 5.56 Å². The molecule has 0 radical (unpaired) electrons. The van der Waals surface area contributed by atoms with Gasteiger partial charge in [0.2, 0.25) is 5.91 Å². The number of carbonyl (C=O) groups is 1. The van der Waals surface area contributed by atoms with Crippen molar-refractivity contribution in [2.24, 2.45) is 0 Å². The van der Waals surface area contributed by atoms with Gasteiger partial charge in [0, 0.05) is 13.7 Å². The first-order chi connectivity index (χ1) is 16.5. The number of hydrogen-bond donors (Lipinski definition) is 2. The number of aromatic amines is 1. The van der Waals surface area contributed by atoms with Crippen LogP contribution in [-0.2, 0) is 22.5 Å². The van der Waals surface area contributed by atoms with Crippen LogP contribution in [0.2, 0.25) is 0 Å². The summed E-state index contributed by atoms with van der Waals surface area (Å²) in [6.45, 7) is 0.458. The molecule has 0 bridgehead atoms. The van der Waals surface area contributed by atoms with E-state index >= 15 is 0 Å². The van der Waals surface area contributed by atoms with E-state index in [-0.39, 0.29) is 43.5 Å². The second-order valence-corrected chi connectivity index (χ2v) is 7.92. The van der Waals surface area contributed by atoms with Crippen molar-refractivity contribution in [2.75, 3.05) is 30.9 Å². The molecule has 3 aromatic carbocycles. The first-order valence-corrected chi connectivity index (χ1v) is 10.9. The standard InChI is InChI=1S/C26H26N4O4/c1-34-15-14-29(22(31)16-20-12-7-11-19-10-5-6-13-21(19)20)23-24(27)30(26(33)28-25(23)32)17-18-8-3-2-4-9-18/h2-13H,14-17,27H2,1H3,(H,28,32,33). The van der Waals surface area contributed by atoms with E-state index in [1.165, 1.54) is 16.6 Å². The first kappa shape index (κ1) is 23.0. The summed E-state index contributed by atoms with van der Waals surface area (Å²) in [5, 5.41) is 1.98.